The van der Waals surface area contributed by atoms with E-state index in [4.69, 9.17) is 0 Å². The van der Waals surface area contributed by atoms with Crippen molar-refractivity contribution in [3.8, 4) is 0 Å². The number of rotatable bonds is 1. The lowest BCUT2D eigenvalue weighted by Gasteiger charge is -2.11. The van der Waals surface area contributed by atoms with E-state index in [1.165, 1.54) is 45.3 Å². The van der Waals surface area contributed by atoms with Crippen LogP contribution in [0.5, 0.6) is 0 Å². The van der Waals surface area contributed by atoms with Crippen LogP contribution in [0.25, 0.3) is 32.3 Å². The van der Waals surface area contributed by atoms with Gasteiger partial charge in [0.15, 0.2) is 0 Å². The molecule has 0 unspecified atom stereocenters. The number of hydrogen-bond acceptors (Lipinski definition) is 0. The van der Waals surface area contributed by atoms with Crippen molar-refractivity contribution in [1.29, 1.82) is 0 Å². The molecule has 5 rings (SSSR count). The molecule has 0 aliphatic heterocycles. The molecule has 22 heavy (non-hydrogen) atoms. The van der Waals surface area contributed by atoms with E-state index < -0.39 is 0 Å². The van der Waals surface area contributed by atoms with Gasteiger partial charge in [-0.25, -0.2) is 0 Å². The van der Waals surface area contributed by atoms with Crippen molar-refractivity contribution in [2.24, 2.45) is 0 Å². The Bertz CT molecular complexity index is 1050. The van der Waals surface area contributed by atoms with Crippen molar-refractivity contribution in [2.45, 2.75) is 26.2 Å². The first-order valence-corrected chi connectivity index (χ1v) is 8.24. The molecule has 1 aliphatic carbocycles. The van der Waals surface area contributed by atoms with Gasteiger partial charge in [0.05, 0.1) is 0 Å². The summed E-state index contributed by atoms with van der Waals surface area (Å²) in [5, 5.41) is 8.55. The van der Waals surface area contributed by atoms with Crippen LogP contribution in [0.2, 0.25) is 0 Å². The molecule has 106 valence electrons. The monoisotopic (exact) mass is 282 g/mol. The third kappa shape index (κ3) is 1.47. The van der Waals surface area contributed by atoms with Crippen LogP contribution >= 0.6 is 0 Å². The van der Waals surface area contributed by atoms with Gasteiger partial charge in [-0.2, -0.15) is 0 Å². The van der Waals surface area contributed by atoms with Crippen LogP contribution in [0, 0.1) is 0 Å². The summed E-state index contributed by atoms with van der Waals surface area (Å²) in [5.74, 6) is 0. The Hall–Kier alpha value is -2.34. The van der Waals surface area contributed by atoms with Crippen molar-refractivity contribution < 1.29 is 0 Å². The molecule has 0 fully saturated rings. The summed E-state index contributed by atoms with van der Waals surface area (Å²) in [4.78, 5) is 0. The molecule has 0 spiro atoms. The maximum atomic E-state index is 2.41. The van der Waals surface area contributed by atoms with Crippen LogP contribution in [-0.2, 0) is 19.3 Å². The van der Waals surface area contributed by atoms with Crippen LogP contribution in [0.1, 0.15) is 23.6 Å². The molecule has 0 atom stereocenters. The minimum atomic E-state index is 1.14. The Morgan fingerprint density at radius 1 is 0.727 bits per heavy atom. The van der Waals surface area contributed by atoms with Gasteiger partial charge in [0.25, 0.3) is 0 Å². The van der Waals surface area contributed by atoms with Crippen LogP contribution in [0.15, 0.2) is 54.6 Å². The highest BCUT2D eigenvalue weighted by Gasteiger charge is 2.20. The Morgan fingerprint density at radius 3 is 2.45 bits per heavy atom. The maximum absolute atomic E-state index is 2.41. The van der Waals surface area contributed by atoms with Crippen molar-refractivity contribution in [3.63, 3.8) is 0 Å². The zero-order valence-electron chi connectivity index (χ0n) is 12.8. The van der Waals surface area contributed by atoms with Gasteiger partial charge in [0, 0.05) is 0 Å². The molecule has 1 aliphatic rings. The summed E-state index contributed by atoms with van der Waals surface area (Å²) >= 11 is 0. The van der Waals surface area contributed by atoms with Crippen LogP contribution in [0.4, 0.5) is 0 Å². The molecule has 0 aromatic heterocycles. The third-order valence-electron chi connectivity index (χ3n) is 5.35. The first-order chi connectivity index (χ1) is 10.9. The lowest BCUT2D eigenvalue weighted by molar-refractivity contribution is 0.994. The smallest absolute Gasteiger partial charge is 0.00962 e. The highest BCUT2D eigenvalue weighted by Crippen LogP contribution is 2.40. The molecule has 4 aromatic rings. The van der Waals surface area contributed by atoms with Gasteiger partial charge in [-0.3, -0.25) is 0 Å². The Balaban J connectivity index is 2.02. The fourth-order valence-electron chi connectivity index (χ4n) is 4.32. The zero-order valence-corrected chi connectivity index (χ0v) is 12.8. The van der Waals surface area contributed by atoms with Gasteiger partial charge in [0.1, 0.15) is 0 Å². The van der Waals surface area contributed by atoms with E-state index in [1.54, 1.807) is 16.5 Å². The quantitative estimate of drug-likeness (QED) is 0.305. The molecule has 0 heterocycles. The van der Waals surface area contributed by atoms with Gasteiger partial charge >= 0.3 is 0 Å². The van der Waals surface area contributed by atoms with Crippen molar-refractivity contribution >= 4 is 32.3 Å². The number of fused-ring (bicyclic) bond motifs is 4. The SMILES string of the molecule is CCc1ccc2cc3c(ccc4ccccc43)c3c2c1CC3. The fraction of sp³-hybridized carbons (Fsp3) is 0.182. The minimum Gasteiger partial charge on any atom is -0.0616 e. The van der Waals surface area contributed by atoms with E-state index in [0.717, 1.165) is 6.42 Å². The molecule has 0 amide bonds. The number of hydrogen-bond donors (Lipinski definition) is 0. The highest BCUT2D eigenvalue weighted by molar-refractivity contribution is 6.15. The second-order valence-corrected chi connectivity index (χ2v) is 6.39. The highest BCUT2D eigenvalue weighted by atomic mass is 14.2. The summed E-state index contributed by atoms with van der Waals surface area (Å²) in [5.41, 5.74) is 4.71. The number of aryl methyl sites for hydroxylation is 3. The minimum absolute atomic E-state index is 1.14. The summed E-state index contributed by atoms with van der Waals surface area (Å²) in [7, 11) is 0. The summed E-state index contributed by atoms with van der Waals surface area (Å²) in [6, 6.07) is 20.4. The van der Waals surface area contributed by atoms with Crippen LogP contribution in [0.3, 0.4) is 0 Å². The molecule has 0 bridgehead atoms. The maximum Gasteiger partial charge on any atom is -0.00962 e. The molecule has 0 saturated heterocycles. The Labute approximate surface area is 130 Å². The van der Waals surface area contributed by atoms with E-state index in [9.17, 15) is 0 Å². The molecule has 0 radical (unpaired) electrons. The molecular formula is C22H18. The van der Waals surface area contributed by atoms with Crippen LogP contribution in [-0.4, -0.2) is 0 Å². The van der Waals surface area contributed by atoms with Gasteiger partial charge in [0.2, 0.25) is 0 Å². The molecule has 0 nitrogen and oxygen atoms in total. The van der Waals surface area contributed by atoms with E-state index in [2.05, 4.69) is 61.5 Å². The second kappa shape index (κ2) is 4.33. The average molecular weight is 282 g/mol. The molecule has 0 saturated carbocycles. The van der Waals surface area contributed by atoms with E-state index >= 15 is 0 Å². The third-order valence-corrected chi connectivity index (χ3v) is 5.35. The lowest BCUT2D eigenvalue weighted by atomic mass is 9.93. The van der Waals surface area contributed by atoms with Crippen LogP contribution < -0.4 is 0 Å². The summed E-state index contributed by atoms with van der Waals surface area (Å²) in [6.45, 7) is 2.27. The van der Waals surface area contributed by atoms with Gasteiger partial charge in [-0.05, 0) is 74.3 Å². The first kappa shape index (κ1) is 12.2. The first-order valence-electron chi connectivity index (χ1n) is 8.24. The van der Waals surface area contributed by atoms with E-state index in [-0.39, 0.29) is 0 Å². The van der Waals surface area contributed by atoms with Gasteiger partial charge in [-0.15, -0.1) is 0 Å². The average Bonchev–Trinajstić information content (AvgIpc) is 3.02. The van der Waals surface area contributed by atoms with E-state index in [0.29, 0.717) is 0 Å². The van der Waals surface area contributed by atoms with Crippen molar-refractivity contribution in [1.82, 2.24) is 0 Å². The summed E-state index contributed by atoms with van der Waals surface area (Å²) in [6.07, 6.45) is 3.54. The standard InChI is InChI=1S/C22H18/c1-2-14-7-8-16-13-21-17-6-4-3-5-15(17)9-10-19(21)20-12-11-18(14)22(16)20/h3-10,13H,2,11-12H2,1H3. The Kier molecular flexibility index (Phi) is 2.41. The number of benzene rings is 4. The molecule has 0 N–H and O–H groups in total. The predicted octanol–water partition coefficient (Wildman–Crippen LogP) is 5.81. The second-order valence-electron chi connectivity index (χ2n) is 6.39. The van der Waals surface area contributed by atoms with Gasteiger partial charge in [-0.1, -0.05) is 55.5 Å². The Morgan fingerprint density at radius 2 is 1.55 bits per heavy atom. The van der Waals surface area contributed by atoms with Gasteiger partial charge < -0.3 is 0 Å². The predicted molar refractivity (Wildman–Crippen MR) is 95.7 cm³/mol. The normalized spacial score (nSPS) is 13.5. The molecular weight excluding hydrogens is 264 g/mol. The van der Waals surface area contributed by atoms with Crippen molar-refractivity contribution in [3.05, 3.63) is 71.3 Å². The molecule has 0 heteroatoms. The topological polar surface area (TPSA) is 0 Å². The largest absolute Gasteiger partial charge is 0.0616 e. The zero-order chi connectivity index (χ0) is 14.7. The fourth-order valence-corrected chi connectivity index (χ4v) is 4.32. The lowest BCUT2D eigenvalue weighted by Crippen LogP contribution is -1.89. The summed E-state index contributed by atoms with van der Waals surface area (Å²) < 4.78 is 0. The molecule has 4 aromatic carbocycles. The van der Waals surface area contributed by atoms with Crippen molar-refractivity contribution in [2.75, 3.05) is 0 Å². The van der Waals surface area contributed by atoms with E-state index in [1.807, 2.05) is 0 Å².